The molecule has 1 atom stereocenters. The van der Waals surface area contributed by atoms with Gasteiger partial charge in [-0.15, -0.1) is 0 Å². The van der Waals surface area contributed by atoms with Crippen LogP contribution in [0.25, 0.3) is 0 Å². The molecule has 1 N–H and O–H groups in total. The summed E-state index contributed by atoms with van der Waals surface area (Å²) in [5.74, 6) is -0.305. The summed E-state index contributed by atoms with van der Waals surface area (Å²) in [5, 5.41) is 9.12. The molecule has 0 saturated carbocycles. The summed E-state index contributed by atoms with van der Waals surface area (Å²) in [7, 11) is -3.82. The van der Waals surface area contributed by atoms with E-state index in [1.165, 1.54) is 4.90 Å². The molecule has 2 amide bonds. The van der Waals surface area contributed by atoms with Crippen molar-refractivity contribution in [3.8, 4) is 0 Å². The number of sulfonamides is 1. The number of amides is 2. The Morgan fingerprint density at radius 3 is 2.22 bits per heavy atom. The summed E-state index contributed by atoms with van der Waals surface area (Å²) in [5.41, 5.74) is -1.26. The average Bonchev–Trinajstić information content (AvgIpc) is 2.57. The van der Waals surface area contributed by atoms with E-state index in [0.717, 1.165) is 6.26 Å². The maximum atomic E-state index is 12.2. The third-order valence-electron chi connectivity index (χ3n) is 3.80. The first-order valence-corrected chi connectivity index (χ1v) is 9.17. The first-order chi connectivity index (χ1) is 10.1. The topological polar surface area (TPSA) is 104 Å². The standard InChI is InChI=1S/C14H26N2O6S/c1-13(2,3)22-12(19)16(23(6,20)21)8-10-7-15(11(17)18)9-14(10,4)5/h10H,7-9H2,1-6H3,(H,17,18). The van der Waals surface area contributed by atoms with Crippen LogP contribution in [0.2, 0.25) is 0 Å². The summed E-state index contributed by atoms with van der Waals surface area (Å²) in [6, 6.07) is 0. The summed E-state index contributed by atoms with van der Waals surface area (Å²) in [6.07, 6.45) is -1.05. The molecule has 1 rings (SSSR count). The van der Waals surface area contributed by atoms with Gasteiger partial charge in [0, 0.05) is 25.6 Å². The van der Waals surface area contributed by atoms with Crippen LogP contribution in [0.3, 0.4) is 0 Å². The molecule has 0 spiro atoms. The van der Waals surface area contributed by atoms with Gasteiger partial charge in [0.25, 0.3) is 0 Å². The molecule has 0 aromatic heterocycles. The lowest BCUT2D eigenvalue weighted by atomic mass is 9.82. The van der Waals surface area contributed by atoms with Gasteiger partial charge in [-0.25, -0.2) is 22.3 Å². The minimum atomic E-state index is -3.82. The van der Waals surface area contributed by atoms with Gasteiger partial charge in [0.1, 0.15) is 5.60 Å². The van der Waals surface area contributed by atoms with E-state index in [1.54, 1.807) is 20.8 Å². The molecule has 23 heavy (non-hydrogen) atoms. The Morgan fingerprint density at radius 1 is 1.35 bits per heavy atom. The van der Waals surface area contributed by atoms with Gasteiger partial charge in [0.2, 0.25) is 10.0 Å². The molecule has 1 unspecified atom stereocenters. The van der Waals surface area contributed by atoms with Gasteiger partial charge in [-0.1, -0.05) is 13.8 Å². The van der Waals surface area contributed by atoms with Crippen LogP contribution < -0.4 is 0 Å². The van der Waals surface area contributed by atoms with E-state index in [0.29, 0.717) is 10.8 Å². The van der Waals surface area contributed by atoms with Gasteiger partial charge in [-0.3, -0.25) is 0 Å². The third kappa shape index (κ3) is 5.26. The van der Waals surface area contributed by atoms with Crippen molar-refractivity contribution in [3.63, 3.8) is 0 Å². The van der Waals surface area contributed by atoms with Gasteiger partial charge >= 0.3 is 12.2 Å². The van der Waals surface area contributed by atoms with Crippen molar-refractivity contribution in [2.45, 2.75) is 40.2 Å². The second kappa shape index (κ2) is 6.18. The summed E-state index contributed by atoms with van der Waals surface area (Å²) in [4.78, 5) is 24.6. The Hall–Kier alpha value is -1.51. The van der Waals surface area contributed by atoms with Gasteiger partial charge in [-0.05, 0) is 26.2 Å². The number of ether oxygens (including phenoxy) is 1. The van der Waals surface area contributed by atoms with Crippen molar-refractivity contribution in [1.82, 2.24) is 9.21 Å². The summed E-state index contributed by atoms with van der Waals surface area (Å²) < 4.78 is 29.8. The van der Waals surface area contributed by atoms with Crippen molar-refractivity contribution >= 4 is 22.2 Å². The molecular weight excluding hydrogens is 324 g/mol. The molecule has 0 aromatic rings. The molecule has 1 aliphatic rings. The molecular formula is C14H26N2O6S. The number of carbonyl (C=O) groups is 2. The SMILES string of the molecule is CC(C)(C)OC(=O)N(CC1CN(C(=O)O)CC1(C)C)S(C)(=O)=O. The molecule has 1 aliphatic heterocycles. The molecule has 0 radical (unpaired) electrons. The highest BCUT2D eigenvalue weighted by Gasteiger charge is 2.44. The van der Waals surface area contributed by atoms with Crippen LogP contribution in [0.15, 0.2) is 0 Å². The maximum Gasteiger partial charge on any atom is 0.424 e. The largest absolute Gasteiger partial charge is 0.465 e. The number of carboxylic acid groups (broad SMARTS) is 1. The number of hydrogen-bond acceptors (Lipinski definition) is 5. The Morgan fingerprint density at radius 2 is 1.87 bits per heavy atom. The Labute approximate surface area is 137 Å². The molecule has 0 bridgehead atoms. The zero-order valence-electron chi connectivity index (χ0n) is 14.5. The lowest BCUT2D eigenvalue weighted by molar-refractivity contribution is 0.0358. The number of carbonyl (C=O) groups excluding carboxylic acids is 1. The van der Waals surface area contributed by atoms with Crippen LogP contribution in [0.1, 0.15) is 34.6 Å². The lowest BCUT2D eigenvalue weighted by Crippen LogP contribution is -2.45. The van der Waals surface area contributed by atoms with Crippen LogP contribution in [-0.4, -0.2) is 66.4 Å². The molecule has 8 nitrogen and oxygen atoms in total. The van der Waals surface area contributed by atoms with Crippen molar-refractivity contribution in [2.75, 3.05) is 25.9 Å². The number of nitrogens with zero attached hydrogens (tertiary/aromatic N) is 2. The summed E-state index contributed by atoms with van der Waals surface area (Å²) in [6.45, 7) is 9.03. The molecule has 134 valence electrons. The van der Waals surface area contributed by atoms with Gasteiger partial charge < -0.3 is 14.7 Å². The van der Waals surface area contributed by atoms with Crippen LogP contribution in [0.4, 0.5) is 9.59 Å². The van der Waals surface area contributed by atoms with Crippen LogP contribution in [0.5, 0.6) is 0 Å². The third-order valence-corrected chi connectivity index (χ3v) is 4.90. The minimum absolute atomic E-state index is 0.107. The highest BCUT2D eigenvalue weighted by molar-refractivity contribution is 7.88. The van der Waals surface area contributed by atoms with E-state index in [9.17, 15) is 18.0 Å². The quantitative estimate of drug-likeness (QED) is 0.832. The van der Waals surface area contributed by atoms with Gasteiger partial charge in [-0.2, -0.15) is 0 Å². The number of hydrogen-bond donors (Lipinski definition) is 1. The molecule has 0 aromatic carbocycles. The number of rotatable bonds is 3. The Bertz CT molecular complexity index is 579. The zero-order chi connectivity index (χ0) is 18.2. The molecule has 1 saturated heterocycles. The van der Waals surface area contributed by atoms with E-state index in [1.807, 2.05) is 13.8 Å². The zero-order valence-corrected chi connectivity index (χ0v) is 15.3. The van der Waals surface area contributed by atoms with Gasteiger partial charge in [0.15, 0.2) is 0 Å². The molecule has 1 heterocycles. The normalized spacial score (nSPS) is 21.1. The van der Waals surface area contributed by atoms with E-state index >= 15 is 0 Å². The highest BCUT2D eigenvalue weighted by atomic mass is 32.2. The molecule has 1 fully saturated rings. The average molecular weight is 350 g/mol. The summed E-state index contributed by atoms with van der Waals surface area (Å²) >= 11 is 0. The predicted molar refractivity (Wildman–Crippen MR) is 84.7 cm³/mol. The van der Waals surface area contributed by atoms with Crippen molar-refractivity contribution in [2.24, 2.45) is 11.3 Å². The van der Waals surface area contributed by atoms with Crippen molar-refractivity contribution in [1.29, 1.82) is 0 Å². The van der Waals surface area contributed by atoms with Crippen molar-refractivity contribution < 1.29 is 27.9 Å². The monoisotopic (exact) mass is 350 g/mol. The van der Waals surface area contributed by atoms with E-state index in [2.05, 4.69) is 0 Å². The Balaban J connectivity index is 2.99. The van der Waals surface area contributed by atoms with E-state index in [-0.39, 0.29) is 19.0 Å². The minimum Gasteiger partial charge on any atom is -0.465 e. The van der Waals surface area contributed by atoms with Crippen LogP contribution >= 0.6 is 0 Å². The van der Waals surface area contributed by atoms with Gasteiger partial charge in [0.05, 0.1) is 6.26 Å². The molecule has 9 heteroatoms. The molecule has 0 aliphatic carbocycles. The van der Waals surface area contributed by atoms with E-state index < -0.39 is 33.2 Å². The second-order valence-corrected chi connectivity index (χ2v) is 9.53. The fourth-order valence-corrected chi connectivity index (χ4v) is 3.27. The van der Waals surface area contributed by atoms with Crippen LogP contribution in [0, 0.1) is 11.3 Å². The highest BCUT2D eigenvalue weighted by Crippen LogP contribution is 2.36. The Kier molecular flexibility index (Phi) is 5.25. The van der Waals surface area contributed by atoms with E-state index in [4.69, 9.17) is 9.84 Å². The lowest BCUT2D eigenvalue weighted by Gasteiger charge is -2.31. The predicted octanol–water partition coefficient (Wildman–Crippen LogP) is 1.82. The smallest absolute Gasteiger partial charge is 0.424 e. The first-order valence-electron chi connectivity index (χ1n) is 7.32. The second-order valence-electron chi connectivity index (χ2n) is 7.62. The number of likely N-dealkylation sites (tertiary alicyclic amines) is 1. The van der Waals surface area contributed by atoms with Crippen LogP contribution in [-0.2, 0) is 14.8 Å². The first kappa shape index (κ1) is 19.5. The van der Waals surface area contributed by atoms with Crippen molar-refractivity contribution in [3.05, 3.63) is 0 Å². The fraction of sp³-hybridized carbons (Fsp3) is 0.857. The maximum absolute atomic E-state index is 12.2. The fourth-order valence-electron chi connectivity index (χ4n) is 2.51.